The molecule has 3 aromatic rings. The Morgan fingerprint density at radius 3 is 2.57 bits per heavy atom. The number of nitrogens with one attached hydrogen (secondary N) is 1. The first-order valence-corrected chi connectivity index (χ1v) is 11.0. The molecule has 0 bridgehead atoms. The van der Waals surface area contributed by atoms with Crippen molar-refractivity contribution in [2.75, 3.05) is 24.8 Å². The van der Waals surface area contributed by atoms with E-state index in [1.165, 1.54) is 11.8 Å². The fraction of sp³-hybridized carbons (Fsp3) is 0.348. The molecule has 0 fully saturated rings. The molecule has 0 unspecified atom stereocenters. The zero-order chi connectivity index (χ0) is 21.5. The number of methoxy groups -OCH3 is 1. The monoisotopic (exact) mass is 425 g/mol. The van der Waals surface area contributed by atoms with E-state index in [4.69, 9.17) is 4.74 Å². The van der Waals surface area contributed by atoms with Gasteiger partial charge in [-0.1, -0.05) is 37.7 Å². The van der Waals surface area contributed by atoms with Crippen LogP contribution >= 0.6 is 11.8 Å². The Hall–Kier alpha value is -2.64. The fourth-order valence-electron chi connectivity index (χ4n) is 3.10. The van der Waals surface area contributed by atoms with Crippen molar-refractivity contribution in [2.24, 2.45) is 5.92 Å². The minimum Gasteiger partial charge on any atom is -0.383 e. The maximum atomic E-state index is 12.7. The van der Waals surface area contributed by atoms with E-state index in [0.29, 0.717) is 36.7 Å². The summed E-state index contributed by atoms with van der Waals surface area (Å²) in [6.45, 7) is 5.26. The standard InChI is InChI=1S/C23H27N3O3S/c1-16(2)14-22(28)24-18-10-8-17(9-11-18)21(27)15-30-23-25-19-6-4-5-7-20(19)26(23)12-13-29-3/h4-11,16H,12-15H2,1-3H3,(H,24,28). The molecule has 2 aromatic carbocycles. The minimum absolute atomic E-state index is 0.0189. The van der Waals surface area contributed by atoms with Gasteiger partial charge in [0.2, 0.25) is 5.91 Å². The number of hydrogen-bond donors (Lipinski definition) is 1. The van der Waals surface area contributed by atoms with E-state index in [2.05, 4.69) is 14.9 Å². The van der Waals surface area contributed by atoms with Gasteiger partial charge in [-0.15, -0.1) is 0 Å². The highest BCUT2D eigenvalue weighted by atomic mass is 32.2. The summed E-state index contributed by atoms with van der Waals surface area (Å²) in [6.07, 6.45) is 0.474. The van der Waals surface area contributed by atoms with Crippen LogP contribution in [0.5, 0.6) is 0 Å². The molecule has 6 nitrogen and oxygen atoms in total. The highest BCUT2D eigenvalue weighted by Gasteiger charge is 2.14. The third kappa shape index (κ3) is 5.70. The molecule has 0 radical (unpaired) electrons. The Bertz CT molecular complexity index is 1010. The number of hydrogen-bond acceptors (Lipinski definition) is 5. The Labute approximate surface area is 181 Å². The number of rotatable bonds is 10. The number of carbonyl (C=O) groups excluding carboxylic acids is 2. The van der Waals surface area contributed by atoms with Gasteiger partial charge in [0.1, 0.15) is 0 Å². The zero-order valence-electron chi connectivity index (χ0n) is 17.6. The van der Waals surface area contributed by atoms with E-state index in [9.17, 15) is 9.59 Å². The zero-order valence-corrected chi connectivity index (χ0v) is 18.4. The molecule has 0 spiro atoms. The number of benzene rings is 2. The van der Waals surface area contributed by atoms with Crippen LogP contribution in [0.4, 0.5) is 5.69 Å². The van der Waals surface area contributed by atoms with Gasteiger partial charge >= 0.3 is 0 Å². The second-order valence-electron chi connectivity index (χ2n) is 7.46. The SMILES string of the molecule is COCCn1c(SCC(=O)c2ccc(NC(=O)CC(C)C)cc2)nc2ccccc21. The predicted molar refractivity (Wildman–Crippen MR) is 121 cm³/mol. The summed E-state index contributed by atoms with van der Waals surface area (Å²) in [7, 11) is 1.67. The van der Waals surface area contributed by atoms with Gasteiger partial charge in [-0.3, -0.25) is 9.59 Å². The molecule has 1 aromatic heterocycles. The lowest BCUT2D eigenvalue weighted by atomic mass is 10.1. The Morgan fingerprint density at radius 1 is 1.13 bits per heavy atom. The predicted octanol–water partition coefficient (Wildman–Crippen LogP) is 4.64. The molecule has 7 heteroatoms. The number of nitrogens with zero attached hydrogens (tertiary/aromatic N) is 2. The Kier molecular flexibility index (Phi) is 7.65. The number of ether oxygens (including phenoxy) is 1. The molecule has 158 valence electrons. The molecular weight excluding hydrogens is 398 g/mol. The van der Waals surface area contributed by atoms with Gasteiger partial charge in [0.15, 0.2) is 10.9 Å². The fourth-order valence-corrected chi connectivity index (χ4v) is 4.03. The van der Waals surface area contributed by atoms with Gasteiger partial charge in [0.05, 0.1) is 23.4 Å². The topological polar surface area (TPSA) is 73.2 Å². The van der Waals surface area contributed by atoms with Crippen LogP contribution < -0.4 is 5.32 Å². The molecule has 1 amide bonds. The van der Waals surface area contributed by atoms with Gasteiger partial charge in [-0.25, -0.2) is 4.98 Å². The third-order valence-electron chi connectivity index (χ3n) is 4.56. The lowest BCUT2D eigenvalue weighted by Crippen LogP contribution is -2.14. The second kappa shape index (κ2) is 10.4. The van der Waals surface area contributed by atoms with Crippen LogP contribution in [0.25, 0.3) is 11.0 Å². The smallest absolute Gasteiger partial charge is 0.224 e. The number of Topliss-reactive ketones (excluding diaryl/α,β-unsaturated/α-hetero) is 1. The summed E-state index contributed by atoms with van der Waals surface area (Å²) in [5.41, 5.74) is 3.26. The minimum atomic E-state index is -0.0189. The Morgan fingerprint density at radius 2 is 1.87 bits per heavy atom. The van der Waals surface area contributed by atoms with Crippen molar-refractivity contribution in [3.63, 3.8) is 0 Å². The maximum Gasteiger partial charge on any atom is 0.224 e. The highest BCUT2D eigenvalue weighted by molar-refractivity contribution is 7.99. The lowest BCUT2D eigenvalue weighted by Gasteiger charge is -2.09. The average Bonchev–Trinajstić information content (AvgIpc) is 3.07. The Balaban J connectivity index is 1.65. The largest absolute Gasteiger partial charge is 0.383 e. The van der Waals surface area contributed by atoms with Crippen LogP contribution in [0, 0.1) is 5.92 Å². The average molecular weight is 426 g/mol. The number of amides is 1. The van der Waals surface area contributed by atoms with E-state index < -0.39 is 0 Å². The molecule has 0 saturated carbocycles. The first-order valence-electron chi connectivity index (χ1n) is 9.98. The number of fused-ring (bicyclic) bond motifs is 1. The first-order chi connectivity index (χ1) is 14.5. The van der Waals surface area contributed by atoms with Crippen molar-refractivity contribution in [1.29, 1.82) is 0 Å². The van der Waals surface area contributed by atoms with Crippen molar-refractivity contribution in [3.8, 4) is 0 Å². The molecule has 30 heavy (non-hydrogen) atoms. The number of carbonyl (C=O) groups is 2. The molecule has 3 rings (SSSR count). The van der Waals surface area contributed by atoms with E-state index in [1.807, 2.05) is 38.1 Å². The summed E-state index contributed by atoms with van der Waals surface area (Å²) >= 11 is 1.42. The van der Waals surface area contributed by atoms with Crippen molar-refractivity contribution in [2.45, 2.75) is 32.0 Å². The molecule has 0 aliphatic heterocycles. The lowest BCUT2D eigenvalue weighted by molar-refractivity contribution is -0.116. The molecule has 1 N–H and O–H groups in total. The van der Waals surface area contributed by atoms with Crippen molar-refractivity contribution < 1.29 is 14.3 Å². The van der Waals surface area contributed by atoms with Crippen LogP contribution in [0.2, 0.25) is 0 Å². The van der Waals surface area contributed by atoms with E-state index in [-0.39, 0.29) is 17.4 Å². The summed E-state index contributed by atoms with van der Waals surface area (Å²) < 4.78 is 7.31. The van der Waals surface area contributed by atoms with Gasteiger partial charge < -0.3 is 14.6 Å². The summed E-state index contributed by atoms with van der Waals surface area (Å²) in [5, 5.41) is 3.66. The second-order valence-corrected chi connectivity index (χ2v) is 8.41. The number of ketones is 1. The quantitative estimate of drug-likeness (QED) is 0.378. The van der Waals surface area contributed by atoms with Gasteiger partial charge in [0, 0.05) is 31.3 Å². The molecule has 0 atom stereocenters. The molecule has 0 aliphatic rings. The summed E-state index contributed by atoms with van der Waals surface area (Å²) in [4.78, 5) is 29.2. The van der Waals surface area contributed by atoms with Crippen molar-refractivity contribution in [3.05, 3.63) is 54.1 Å². The van der Waals surface area contributed by atoms with Crippen molar-refractivity contribution in [1.82, 2.24) is 9.55 Å². The van der Waals surface area contributed by atoms with Crippen LogP contribution in [0.1, 0.15) is 30.6 Å². The number of para-hydroxylation sites is 2. The van der Waals surface area contributed by atoms with Crippen LogP contribution in [-0.4, -0.2) is 40.7 Å². The molecular formula is C23H27N3O3S. The van der Waals surface area contributed by atoms with Gasteiger partial charge in [-0.05, 0) is 42.3 Å². The first kappa shape index (κ1) is 22.1. The molecule has 0 saturated heterocycles. The summed E-state index contributed by atoms with van der Waals surface area (Å²) in [6, 6.07) is 15.0. The number of anilines is 1. The highest BCUT2D eigenvalue weighted by Crippen LogP contribution is 2.25. The van der Waals surface area contributed by atoms with E-state index >= 15 is 0 Å². The number of imidazole rings is 1. The van der Waals surface area contributed by atoms with Crippen LogP contribution in [0.3, 0.4) is 0 Å². The van der Waals surface area contributed by atoms with Gasteiger partial charge in [0.25, 0.3) is 0 Å². The van der Waals surface area contributed by atoms with Gasteiger partial charge in [-0.2, -0.15) is 0 Å². The molecule has 0 aliphatic carbocycles. The number of thioether (sulfide) groups is 1. The van der Waals surface area contributed by atoms with Crippen LogP contribution in [0.15, 0.2) is 53.7 Å². The number of aromatic nitrogens is 2. The third-order valence-corrected chi connectivity index (χ3v) is 5.53. The summed E-state index contributed by atoms with van der Waals surface area (Å²) in [5.74, 6) is 0.589. The van der Waals surface area contributed by atoms with Crippen molar-refractivity contribution >= 4 is 40.2 Å². The van der Waals surface area contributed by atoms with E-state index in [1.54, 1.807) is 31.4 Å². The normalized spacial score (nSPS) is 11.2. The van der Waals surface area contributed by atoms with Crippen LogP contribution in [-0.2, 0) is 16.1 Å². The molecule has 1 heterocycles. The maximum absolute atomic E-state index is 12.7. The van der Waals surface area contributed by atoms with E-state index in [0.717, 1.165) is 16.2 Å².